The summed E-state index contributed by atoms with van der Waals surface area (Å²) in [6.45, 7) is 7.19. The minimum absolute atomic E-state index is 0.638. The smallest absolute Gasteiger partial charge is 0.145 e. The van der Waals surface area contributed by atoms with Gasteiger partial charge in [0, 0.05) is 12.6 Å². The van der Waals surface area contributed by atoms with Gasteiger partial charge in [0.05, 0.1) is 0 Å². The van der Waals surface area contributed by atoms with E-state index in [0.717, 1.165) is 12.4 Å². The van der Waals surface area contributed by atoms with Crippen LogP contribution in [0.3, 0.4) is 0 Å². The van der Waals surface area contributed by atoms with Crippen molar-refractivity contribution in [2.75, 3.05) is 17.3 Å². The monoisotopic (exact) mass is 223 g/mol. The van der Waals surface area contributed by atoms with Gasteiger partial charge >= 0.3 is 0 Å². The van der Waals surface area contributed by atoms with Gasteiger partial charge in [0.1, 0.15) is 17.5 Å². The Morgan fingerprint density at radius 2 is 1.88 bits per heavy atom. The lowest BCUT2D eigenvalue weighted by atomic mass is 10.0. The van der Waals surface area contributed by atoms with Crippen molar-refractivity contribution in [3.05, 3.63) is 11.9 Å². The van der Waals surface area contributed by atoms with Crippen LogP contribution in [0.5, 0.6) is 0 Å². The van der Waals surface area contributed by atoms with Crippen LogP contribution in [0, 0.1) is 12.8 Å². The van der Waals surface area contributed by atoms with Crippen LogP contribution in [-0.4, -0.2) is 16.5 Å². The van der Waals surface area contributed by atoms with Crippen molar-refractivity contribution in [1.82, 2.24) is 9.97 Å². The Morgan fingerprint density at radius 3 is 2.44 bits per heavy atom. The van der Waals surface area contributed by atoms with E-state index < -0.39 is 0 Å². The van der Waals surface area contributed by atoms with E-state index in [1.807, 2.05) is 13.0 Å². The molecule has 0 unspecified atom stereocenters. The Labute approximate surface area is 96.8 Å². The first-order valence-corrected chi connectivity index (χ1v) is 5.75. The summed E-state index contributed by atoms with van der Waals surface area (Å²) in [5.74, 6) is 8.19. The lowest BCUT2D eigenvalue weighted by molar-refractivity contribution is 0.518. The van der Waals surface area contributed by atoms with Crippen molar-refractivity contribution in [2.45, 2.75) is 33.6 Å². The van der Waals surface area contributed by atoms with Crippen LogP contribution < -0.4 is 16.6 Å². The van der Waals surface area contributed by atoms with Gasteiger partial charge in [-0.3, -0.25) is 0 Å². The second kappa shape index (κ2) is 6.27. The molecule has 4 N–H and O–H groups in total. The fourth-order valence-corrected chi connectivity index (χ4v) is 1.56. The molecule has 0 saturated heterocycles. The van der Waals surface area contributed by atoms with Crippen molar-refractivity contribution >= 4 is 11.6 Å². The Kier molecular flexibility index (Phi) is 4.98. The van der Waals surface area contributed by atoms with Crippen LogP contribution in [0.1, 0.15) is 32.5 Å². The zero-order valence-electron chi connectivity index (χ0n) is 10.2. The molecule has 0 aliphatic rings. The average molecular weight is 223 g/mol. The summed E-state index contributed by atoms with van der Waals surface area (Å²) in [6, 6.07) is 1.81. The maximum absolute atomic E-state index is 5.33. The summed E-state index contributed by atoms with van der Waals surface area (Å²) in [6.07, 6.45) is 2.35. The van der Waals surface area contributed by atoms with Crippen LogP contribution in [0.4, 0.5) is 11.6 Å². The largest absolute Gasteiger partial charge is 0.370 e. The zero-order chi connectivity index (χ0) is 12.0. The van der Waals surface area contributed by atoms with E-state index in [-0.39, 0.29) is 0 Å². The lowest BCUT2D eigenvalue weighted by Crippen LogP contribution is -2.15. The van der Waals surface area contributed by atoms with Crippen molar-refractivity contribution in [3.8, 4) is 0 Å². The molecule has 0 aliphatic heterocycles. The number of nitrogens with zero attached hydrogens (tertiary/aromatic N) is 2. The number of hydrazine groups is 1. The average Bonchev–Trinajstić information content (AvgIpc) is 2.29. The van der Waals surface area contributed by atoms with Gasteiger partial charge in [-0.1, -0.05) is 26.7 Å². The zero-order valence-corrected chi connectivity index (χ0v) is 10.2. The number of rotatable bonds is 6. The van der Waals surface area contributed by atoms with E-state index in [1.165, 1.54) is 12.8 Å². The molecular formula is C11H21N5. The first-order chi connectivity index (χ1) is 7.69. The number of hydrogen-bond donors (Lipinski definition) is 3. The van der Waals surface area contributed by atoms with E-state index in [9.17, 15) is 0 Å². The summed E-state index contributed by atoms with van der Waals surface area (Å²) in [5, 5.41) is 3.32. The minimum atomic E-state index is 0.638. The lowest BCUT2D eigenvalue weighted by Gasteiger charge is -2.14. The molecule has 5 nitrogen and oxygen atoms in total. The van der Waals surface area contributed by atoms with Crippen molar-refractivity contribution in [3.63, 3.8) is 0 Å². The SMILES string of the molecule is CCC(CC)CNc1cc(NN)nc(C)n1. The molecule has 0 spiro atoms. The van der Waals surface area contributed by atoms with Gasteiger partial charge in [0.2, 0.25) is 0 Å². The number of nitrogens with two attached hydrogens (primary N) is 1. The second-order valence-electron chi connectivity index (χ2n) is 3.89. The molecule has 0 aromatic carbocycles. The summed E-state index contributed by atoms with van der Waals surface area (Å²) >= 11 is 0. The van der Waals surface area contributed by atoms with Gasteiger partial charge in [-0.25, -0.2) is 15.8 Å². The number of hydrogen-bond acceptors (Lipinski definition) is 5. The number of nitrogens with one attached hydrogen (secondary N) is 2. The maximum atomic E-state index is 5.33. The van der Waals surface area contributed by atoms with Crippen molar-refractivity contribution in [2.24, 2.45) is 11.8 Å². The Bertz CT molecular complexity index is 322. The minimum Gasteiger partial charge on any atom is -0.370 e. The molecule has 5 heteroatoms. The van der Waals surface area contributed by atoms with Crippen LogP contribution in [0.25, 0.3) is 0 Å². The molecule has 1 rings (SSSR count). The number of anilines is 2. The third kappa shape index (κ3) is 3.66. The Balaban J connectivity index is 2.62. The normalized spacial score (nSPS) is 10.6. The molecule has 0 fully saturated rings. The van der Waals surface area contributed by atoms with E-state index in [2.05, 4.69) is 34.6 Å². The highest BCUT2D eigenvalue weighted by Crippen LogP contribution is 2.12. The number of aryl methyl sites for hydroxylation is 1. The van der Waals surface area contributed by atoms with Crippen molar-refractivity contribution in [1.29, 1.82) is 0 Å². The summed E-state index contributed by atoms with van der Waals surface area (Å²) < 4.78 is 0. The maximum Gasteiger partial charge on any atom is 0.145 e. The van der Waals surface area contributed by atoms with Gasteiger partial charge in [0.25, 0.3) is 0 Å². The summed E-state index contributed by atoms with van der Waals surface area (Å²) in [5.41, 5.74) is 2.53. The fraction of sp³-hybridized carbons (Fsp3) is 0.636. The summed E-state index contributed by atoms with van der Waals surface area (Å²) in [4.78, 5) is 8.44. The first kappa shape index (κ1) is 12.7. The Hall–Kier alpha value is -1.36. The van der Waals surface area contributed by atoms with Crippen LogP contribution >= 0.6 is 0 Å². The third-order valence-corrected chi connectivity index (χ3v) is 2.71. The molecule has 0 bridgehead atoms. The standard InChI is InChI=1S/C11H21N5/c1-4-9(5-2)7-13-10-6-11(16-12)15-8(3)14-10/h6,9H,4-5,7,12H2,1-3H3,(H2,13,14,15,16). The fourth-order valence-electron chi connectivity index (χ4n) is 1.56. The van der Waals surface area contributed by atoms with E-state index in [0.29, 0.717) is 17.6 Å². The highest BCUT2D eigenvalue weighted by Gasteiger charge is 2.05. The molecular weight excluding hydrogens is 202 g/mol. The quantitative estimate of drug-likeness (QED) is 0.507. The molecule has 0 atom stereocenters. The molecule has 0 amide bonds. The molecule has 90 valence electrons. The van der Waals surface area contributed by atoms with Gasteiger partial charge in [-0.15, -0.1) is 0 Å². The van der Waals surface area contributed by atoms with Crippen LogP contribution in [0.15, 0.2) is 6.07 Å². The van der Waals surface area contributed by atoms with E-state index in [1.54, 1.807) is 0 Å². The molecule has 0 radical (unpaired) electrons. The molecule has 1 aromatic rings. The van der Waals surface area contributed by atoms with Crippen LogP contribution in [0.2, 0.25) is 0 Å². The molecule has 0 aliphatic carbocycles. The molecule has 16 heavy (non-hydrogen) atoms. The highest BCUT2D eigenvalue weighted by atomic mass is 15.3. The highest BCUT2D eigenvalue weighted by molar-refractivity contribution is 5.46. The van der Waals surface area contributed by atoms with Gasteiger partial charge in [-0.05, 0) is 12.8 Å². The second-order valence-corrected chi connectivity index (χ2v) is 3.89. The van der Waals surface area contributed by atoms with Gasteiger partial charge < -0.3 is 10.7 Å². The molecule has 0 saturated carbocycles. The third-order valence-electron chi connectivity index (χ3n) is 2.71. The molecule has 1 aromatic heterocycles. The van der Waals surface area contributed by atoms with E-state index in [4.69, 9.17) is 5.84 Å². The van der Waals surface area contributed by atoms with Crippen molar-refractivity contribution < 1.29 is 0 Å². The van der Waals surface area contributed by atoms with Crippen LogP contribution in [-0.2, 0) is 0 Å². The van der Waals surface area contributed by atoms with E-state index >= 15 is 0 Å². The van der Waals surface area contributed by atoms with Gasteiger partial charge in [0.15, 0.2) is 0 Å². The predicted molar refractivity (Wildman–Crippen MR) is 67.1 cm³/mol. The topological polar surface area (TPSA) is 75.9 Å². The van der Waals surface area contributed by atoms with Gasteiger partial charge in [-0.2, -0.15) is 0 Å². The Morgan fingerprint density at radius 1 is 1.25 bits per heavy atom. The summed E-state index contributed by atoms with van der Waals surface area (Å²) in [7, 11) is 0. The number of aromatic nitrogens is 2. The first-order valence-electron chi connectivity index (χ1n) is 5.75. The number of nitrogen functional groups attached to an aromatic ring is 1. The predicted octanol–water partition coefficient (Wildman–Crippen LogP) is 1.92. The molecule has 1 heterocycles.